The first-order valence-corrected chi connectivity index (χ1v) is 13.2. The van der Waals surface area contributed by atoms with Crippen LogP contribution < -0.4 is 10.6 Å². The van der Waals surface area contributed by atoms with Crippen LogP contribution >= 0.6 is 11.6 Å². The van der Waals surface area contributed by atoms with E-state index in [2.05, 4.69) is 30.8 Å². The number of ether oxygens (including phenoxy) is 1. The van der Waals surface area contributed by atoms with Crippen LogP contribution in [0.1, 0.15) is 56.6 Å². The Bertz CT molecular complexity index is 1510. The van der Waals surface area contributed by atoms with E-state index in [4.69, 9.17) is 16.3 Å². The quantitative estimate of drug-likeness (QED) is 0.363. The predicted molar refractivity (Wildman–Crippen MR) is 146 cm³/mol. The van der Waals surface area contributed by atoms with Gasteiger partial charge in [-0.2, -0.15) is 5.10 Å². The molecule has 204 valence electrons. The van der Waals surface area contributed by atoms with E-state index >= 15 is 0 Å². The molecule has 1 aromatic carbocycles. The molecule has 0 spiro atoms. The van der Waals surface area contributed by atoms with Gasteiger partial charge in [-0.05, 0) is 64.2 Å². The smallest absolute Gasteiger partial charge is 0.338 e. The van der Waals surface area contributed by atoms with Crippen LogP contribution in [0.25, 0.3) is 11.0 Å². The number of carbonyl (C=O) groups is 2. The van der Waals surface area contributed by atoms with Crippen LogP contribution in [0, 0.1) is 17.7 Å². The minimum atomic E-state index is -0.569. The number of nitrogens with zero attached hydrogens (tertiary/aromatic N) is 3. The Hall–Kier alpha value is -3.79. The van der Waals surface area contributed by atoms with Gasteiger partial charge >= 0.3 is 5.97 Å². The van der Waals surface area contributed by atoms with Crippen LogP contribution in [-0.4, -0.2) is 43.7 Å². The molecule has 2 aromatic heterocycles. The lowest BCUT2D eigenvalue weighted by Crippen LogP contribution is -2.39. The molecule has 0 saturated heterocycles. The maximum atomic E-state index is 13.5. The van der Waals surface area contributed by atoms with Crippen molar-refractivity contribution in [1.29, 1.82) is 0 Å². The fourth-order valence-corrected chi connectivity index (χ4v) is 5.47. The van der Waals surface area contributed by atoms with Crippen molar-refractivity contribution < 1.29 is 18.7 Å². The van der Waals surface area contributed by atoms with Gasteiger partial charge in [0.05, 0.1) is 10.6 Å². The SMILES string of the molecule is CC1=C(C(=O)OC(C)(C)C)C=CC2C1CC[C@@H]2NC(=O)c1ncnc2c(NCc3ccc(F)c(Cl)c3)n[nH]c12. The van der Waals surface area contributed by atoms with Crippen molar-refractivity contribution in [2.45, 2.75) is 58.7 Å². The normalized spacial score (nSPS) is 20.7. The number of rotatable bonds is 6. The summed E-state index contributed by atoms with van der Waals surface area (Å²) >= 11 is 5.87. The lowest BCUT2D eigenvalue weighted by Gasteiger charge is -2.29. The first-order chi connectivity index (χ1) is 18.5. The molecule has 2 aliphatic rings. The topological polar surface area (TPSA) is 122 Å². The van der Waals surface area contributed by atoms with Gasteiger partial charge in [-0.3, -0.25) is 9.89 Å². The standard InChI is InChI=1S/C28H30ClFN6O3/c1-14-16-8-10-21(18(16)7-6-17(14)27(38)39-28(2,3)4)34-26(37)24-22-23(32-13-33-24)25(36-35-22)31-12-15-5-9-20(30)19(29)11-15/h5-7,9,11,13,16,18,21H,8,10,12H2,1-4H3,(H,34,37)(H2,31,35,36)/t16?,18?,21-/m0/s1. The molecule has 9 nitrogen and oxygen atoms in total. The molecule has 1 amide bonds. The number of esters is 1. The summed E-state index contributed by atoms with van der Waals surface area (Å²) in [7, 11) is 0. The maximum Gasteiger partial charge on any atom is 0.338 e. The molecule has 39 heavy (non-hydrogen) atoms. The monoisotopic (exact) mass is 552 g/mol. The summed E-state index contributed by atoms with van der Waals surface area (Å²) in [5, 5.41) is 13.4. The molecule has 3 atom stereocenters. The fourth-order valence-electron chi connectivity index (χ4n) is 5.27. The van der Waals surface area contributed by atoms with E-state index in [0.29, 0.717) is 29.0 Å². The number of benzene rings is 1. The molecule has 1 fully saturated rings. The van der Waals surface area contributed by atoms with Gasteiger partial charge in [0.2, 0.25) is 0 Å². The zero-order chi connectivity index (χ0) is 27.9. The summed E-state index contributed by atoms with van der Waals surface area (Å²) in [6.07, 6.45) is 6.77. The van der Waals surface area contributed by atoms with Crippen molar-refractivity contribution in [2.24, 2.45) is 11.8 Å². The van der Waals surface area contributed by atoms with E-state index in [1.807, 2.05) is 39.8 Å². The summed E-state index contributed by atoms with van der Waals surface area (Å²) < 4.78 is 19.0. The molecule has 3 N–H and O–H groups in total. The third-order valence-electron chi connectivity index (χ3n) is 7.13. The number of halogens is 2. The summed E-state index contributed by atoms with van der Waals surface area (Å²) in [4.78, 5) is 34.5. The van der Waals surface area contributed by atoms with Crippen LogP contribution in [0.4, 0.5) is 10.2 Å². The third-order valence-corrected chi connectivity index (χ3v) is 7.42. The lowest BCUT2D eigenvalue weighted by molar-refractivity contribution is -0.149. The Kier molecular flexibility index (Phi) is 7.15. The van der Waals surface area contributed by atoms with Crippen molar-refractivity contribution in [3.63, 3.8) is 0 Å². The van der Waals surface area contributed by atoms with E-state index < -0.39 is 11.4 Å². The molecule has 2 aliphatic carbocycles. The van der Waals surface area contributed by atoms with E-state index in [9.17, 15) is 14.0 Å². The highest BCUT2D eigenvalue weighted by molar-refractivity contribution is 6.30. The van der Waals surface area contributed by atoms with Crippen molar-refractivity contribution in [2.75, 3.05) is 5.32 Å². The van der Waals surface area contributed by atoms with E-state index in [1.165, 1.54) is 18.5 Å². The molecule has 1 saturated carbocycles. The molecular formula is C28H30ClFN6O3. The van der Waals surface area contributed by atoms with Crippen LogP contribution in [0.3, 0.4) is 0 Å². The number of anilines is 1. The van der Waals surface area contributed by atoms with E-state index in [1.54, 1.807) is 6.07 Å². The van der Waals surface area contributed by atoms with E-state index in [-0.39, 0.29) is 40.5 Å². The number of allylic oxidation sites excluding steroid dienone is 1. The number of nitrogens with one attached hydrogen (secondary N) is 3. The second-order valence-corrected chi connectivity index (χ2v) is 11.3. The van der Waals surface area contributed by atoms with E-state index in [0.717, 1.165) is 24.0 Å². The van der Waals surface area contributed by atoms with Crippen LogP contribution in [0.2, 0.25) is 5.02 Å². The molecule has 0 radical (unpaired) electrons. The van der Waals surface area contributed by atoms with Gasteiger partial charge in [0.15, 0.2) is 11.5 Å². The van der Waals surface area contributed by atoms with Crippen molar-refractivity contribution in [1.82, 2.24) is 25.5 Å². The van der Waals surface area contributed by atoms with Gasteiger partial charge in [-0.25, -0.2) is 19.2 Å². The van der Waals surface area contributed by atoms with Gasteiger partial charge in [-0.15, -0.1) is 0 Å². The minimum absolute atomic E-state index is 0.0381. The highest BCUT2D eigenvalue weighted by Crippen LogP contribution is 2.42. The van der Waals surface area contributed by atoms with Crippen molar-refractivity contribution in [3.8, 4) is 0 Å². The number of amides is 1. The molecular weight excluding hydrogens is 523 g/mol. The summed E-state index contributed by atoms with van der Waals surface area (Å²) in [6.45, 7) is 7.85. The van der Waals surface area contributed by atoms with Gasteiger partial charge in [-0.1, -0.05) is 35.4 Å². The molecule has 11 heteroatoms. The zero-order valence-corrected chi connectivity index (χ0v) is 22.9. The van der Waals surface area contributed by atoms with Gasteiger partial charge in [0, 0.05) is 18.5 Å². The van der Waals surface area contributed by atoms with Crippen LogP contribution in [0.15, 0.2) is 47.8 Å². The number of hydrogen-bond donors (Lipinski definition) is 3. The molecule has 5 rings (SSSR count). The molecule has 0 aliphatic heterocycles. The highest BCUT2D eigenvalue weighted by atomic mass is 35.5. The first kappa shape index (κ1) is 26.8. The van der Waals surface area contributed by atoms with Crippen LogP contribution in [-0.2, 0) is 16.1 Å². The second kappa shape index (κ2) is 10.4. The minimum Gasteiger partial charge on any atom is -0.456 e. The molecule has 2 unspecified atom stereocenters. The Morgan fingerprint density at radius 3 is 2.77 bits per heavy atom. The fraction of sp³-hybridized carbons (Fsp3) is 0.393. The highest BCUT2D eigenvalue weighted by Gasteiger charge is 2.40. The maximum absolute atomic E-state index is 13.5. The number of aromatic nitrogens is 4. The predicted octanol–water partition coefficient (Wildman–Crippen LogP) is 5.11. The Morgan fingerprint density at radius 2 is 2.03 bits per heavy atom. The molecule has 3 aromatic rings. The molecule has 0 bridgehead atoms. The first-order valence-electron chi connectivity index (χ1n) is 12.8. The number of H-pyrrole nitrogens is 1. The Labute approximate surface area is 230 Å². The Morgan fingerprint density at radius 1 is 1.23 bits per heavy atom. The largest absolute Gasteiger partial charge is 0.456 e. The van der Waals surface area contributed by atoms with Crippen LogP contribution in [0.5, 0.6) is 0 Å². The molecule has 2 heterocycles. The third kappa shape index (κ3) is 5.52. The lowest BCUT2D eigenvalue weighted by atomic mass is 9.81. The van der Waals surface area contributed by atoms with Crippen molar-refractivity contribution >= 4 is 40.3 Å². The Balaban J connectivity index is 1.28. The average Bonchev–Trinajstić information content (AvgIpc) is 3.48. The van der Waals surface area contributed by atoms with Crippen molar-refractivity contribution in [3.05, 3.63) is 69.9 Å². The summed E-state index contributed by atoms with van der Waals surface area (Å²) in [5.74, 6) is -0.483. The second-order valence-electron chi connectivity index (χ2n) is 10.9. The zero-order valence-electron chi connectivity index (χ0n) is 22.1. The van der Waals surface area contributed by atoms with Gasteiger partial charge in [0.25, 0.3) is 5.91 Å². The summed E-state index contributed by atoms with van der Waals surface area (Å²) in [5.41, 5.74) is 2.84. The number of aromatic amines is 1. The average molecular weight is 553 g/mol. The van der Waals surface area contributed by atoms with Gasteiger partial charge in [0.1, 0.15) is 28.8 Å². The summed E-state index contributed by atoms with van der Waals surface area (Å²) in [6, 6.07) is 4.35. The number of carbonyl (C=O) groups excluding carboxylic acids is 2. The number of fused-ring (bicyclic) bond motifs is 2. The van der Waals surface area contributed by atoms with Gasteiger partial charge < -0.3 is 15.4 Å². The number of hydrogen-bond acceptors (Lipinski definition) is 7.